The maximum absolute atomic E-state index is 12.7. The van der Waals surface area contributed by atoms with Crippen molar-refractivity contribution in [2.75, 3.05) is 28.3 Å². The van der Waals surface area contributed by atoms with Gasteiger partial charge in [0, 0.05) is 25.0 Å². The second-order valence-electron chi connectivity index (χ2n) is 5.98. The highest BCUT2D eigenvalue weighted by atomic mass is 16.5. The van der Waals surface area contributed by atoms with Gasteiger partial charge in [-0.3, -0.25) is 10.2 Å². The van der Waals surface area contributed by atoms with E-state index in [1.807, 2.05) is 42.5 Å². The monoisotopic (exact) mass is 351 g/mol. The first kappa shape index (κ1) is 17.7. The van der Waals surface area contributed by atoms with E-state index >= 15 is 0 Å². The van der Waals surface area contributed by atoms with Crippen LogP contribution in [0.2, 0.25) is 0 Å². The number of amides is 1. The van der Waals surface area contributed by atoms with Gasteiger partial charge < -0.3 is 9.47 Å². The summed E-state index contributed by atoms with van der Waals surface area (Å²) in [4.78, 5) is 17.4. The first-order chi connectivity index (χ1) is 12.5. The van der Waals surface area contributed by atoms with Gasteiger partial charge in [0.05, 0.1) is 31.0 Å². The Bertz CT molecular complexity index is 954. The van der Waals surface area contributed by atoms with Crippen molar-refractivity contribution in [2.24, 2.45) is 0 Å². The predicted molar refractivity (Wildman–Crippen MR) is 101 cm³/mol. The van der Waals surface area contributed by atoms with E-state index in [0.717, 1.165) is 16.5 Å². The molecule has 0 saturated heterocycles. The molecule has 1 N–H and O–H groups in total. The Morgan fingerprint density at radius 1 is 1.00 bits per heavy atom. The fraction of sp³-hybridized carbons (Fsp3) is 0.200. The van der Waals surface area contributed by atoms with Crippen LogP contribution in [0.5, 0.6) is 11.5 Å². The number of pyridine rings is 1. The summed E-state index contributed by atoms with van der Waals surface area (Å²) in [7, 11) is 6.73. The first-order valence-electron chi connectivity index (χ1n) is 8.14. The molecule has 6 nitrogen and oxygen atoms in total. The molecule has 0 aliphatic heterocycles. The van der Waals surface area contributed by atoms with Crippen LogP contribution in [0, 0.1) is 0 Å². The standard InChI is InChI=1S/C20H21N3O3/c1-23(2)22-20(24)15-12-17(21-16-8-6-5-7-14(15)16)13-9-10-18(25-3)19(11-13)26-4/h5-12H,1-4H3,(H,22,24). The van der Waals surface area contributed by atoms with Crippen molar-refractivity contribution in [3.8, 4) is 22.8 Å². The summed E-state index contributed by atoms with van der Waals surface area (Å²) in [6.45, 7) is 0. The molecule has 1 heterocycles. The Hall–Kier alpha value is -3.12. The number of para-hydroxylation sites is 1. The van der Waals surface area contributed by atoms with Crippen LogP contribution in [0.3, 0.4) is 0 Å². The zero-order valence-corrected chi connectivity index (χ0v) is 15.2. The van der Waals surface area contributed by atoms with Gasteiger partial charge in [-0.1, -0.05) is 18.2 Å². The molecule has 3 aromatic rings. The molecule has 0 unspecified atom stereocenters. The Morgan fingerprint density at radius 2 is 1.73 bits per heavy atom. The molecule has 0 saturated carbocycles. The molecule has 0 aliphatic rings. The topological polar surface area (TPSA) is 63.7 Å². The van der Waals surface area contributed by atoms with Crippen LogP contribution < -0.4 is 14.9 Å². The number of fused-ring (bicyclic) bond motifs is 1. The van der Waals surface area contributed by atoms with Gasteiger partial charge in [-0.05, 0) is 30.3 Å². The molecule has 0 fully saturated rings. The van der Waals surface area contributed by atoms with Gasteiger partial charge >= 0.3 is 0 Å². The van der Waals surface area contributed by atoms with Crippen LogP contribution in [0.4, 0.5) is 0 Å². The molecule has 1 aromatic heterocycles. The predicted octanol–water partition coefficient (Wildman–Crippen LogP) is 3.13. The lowest BCUT2D eigenvalue weighted by Crippen LogP contribution is -2.36. The van der Waals surface area contributed by atoms with E-state index in [0.29, 0.717) is 22.8 Å². The van der Waals surface area contributed by atoms with Crippen molar-refractivity contribution in [3.63, 3.8) is 0 Å². The summed E-state index contributed by atoms with van der Waals surface area (Å²) >= 11 is 0. The van der Waals surface area contributed by atoms with Crippen LogP contribution in [0.1, 0.15) is 10.4 Å². The number of carbonyl (C=O) groups is 1. The number of carbonyl (C=O) groups excluding carboxylic acids is 1. The summed E-state index contributed by atoms with van der Waals surface area (Å²) in [5, 5.41) is 2.42. The number of nitrogens with one attached hydrogen (secondary N) is 1. The summed E-state index contributed by atoms with van der Waals surface area (Å²) in [6, 6.07) is 15.0. The molecule has 0 spiro atoms. The van der Waals surface area contributed by atoms with Crippen molar-refractivity contribution >= 4 is 16.8 Å². The van der Waals surface area contributed by atoms with Crippen molar-refractivity contribution in [2.45, 2.75) is 0 Å². The number of benzene rings is 2. The minimum atomic E-state index is -0.185. The van der Waals surface area contributed by atoms with Crippen molar-refractivity contribution in [1.82, 2.24) is 15.4 Å². The molecule has 2 aromatic carbocycles. The highest BCUT2D eigenvalue weighted by molar-refractivity contribution is 6.07. The molecule has 0 aliphatic carbocycles. The molecular weight excluding hydrogens is 330 g/mol. The minimum Gasteiger partial charge on any atom is -0.493 e. The van der Waals surface area contributed by atoms with Gasteiger partial charge in [0.1, 0.15) is 0 Å². The third-order valence-corrected chi connectivity index (χ3v) is 3.97. The van der Waals surface area contributed by atoms with Crippen LogP contribution in [-0.4, -0.2) is 44.2 Å². The number of hydrogen-bond donors (Lipinski definition) is 1. The number of nitrogens with zero attached hydrogens (tertiary/aromatic N) is 2. The molecule has 0 bridgehead atoms. The Balaban J connectivity index is 2.17. The van der Waals surface area contributed by atoms with E-state index in [1.54, 1.807) is 39.4 Å². The van der Waals surface area contributed by atoms with Crippen molar-refractivity contribution < 1.29 is 14.3 Å². The van der Waals surface area contributed by atoms with Crippen LogP contribution in [0.25, 0.3) is 22.2 Å². The average molecular weight is 351 g/mol. The van der Waals surface area contributed by atoms with E-state index in [4.69, 9.17) is 14.5 Å². The van der Waals surface area contributed by atoms with Crippen LogP contribution >= 0.6 is 0 Å². The zero-order chi connectivity index (χ0) is 18.7. The van der Waals surface area contributed by atoms with E-state index < -0.39 is 0 Å². The van der Waals surface area contributed by atoms with E-state index in [-0.39, 0.29) is 5.91 Å². The lowest BCUT2D eigenvalue weighted by atomic mass is 10.0. The largest absolute Gasteiger partial charge is 0.493 e. The number of ether oxygens (including phenoxy) is 2. The van der Waals surface area contributed by atoms with E-state index in [2.05, 4.69) is 5.43 Å². The highest BCUT2D eigenvalue weighted by Crippen LogP contribution is 2.33. The smallest absolute Gasteiger partial charge is 0.266 e. The Labute approximate surface area is 152 Å². The fourth-order valence-corrected chi connectivity index (χ4v) is 2.77. The Kier molecular flexibility index (Phi) is 5.04. The maximum Gasteiger partial charge on any atom is 0.266 e. The van der Waals surface area contributed by atoms with Gasteiger partial charge in [-0.25, -0.2) is 9.99 Å². The molecule has 134 valence electrons. The number of aromatic nitrogens is 1. The third kappa shape index (κ3) is 3.45. The van der Waals surface area contributed by atoms with Gasteiger partial charge in [-0.2, -0.15) is 0 Å². The van der Waals surface area contributed by atoms with Gasteiger partial charge in [0.2, 0.25) is 0 Å². The summed E-state index contributed by atoms with van der Waals surface area (Å²) in [5.41, 5.74) is 5.64. The maximum atomic E-state index is 12.7. The molecule has 0 atom stereocenters. The normalized spacial score (nSPS) is 10.8. The molecular formula is C20H21N3O3. The van der Waals surface area contributed by atoms with Crippen LogP contribution in [-0.2, 0) is 0 Å². The lowest BCUT2D eigenvalue weighted by molar-refractivity contribution is 0.0858. The summed E-state index contributed by atoms with van der Waals surface area (Å²) in [5.74, 6) is 1.07. The average Bonchev–Trinajstić information content (AvgIpc) is 2.65. The summed E-state index contributed by atoms with van der Waals surface area (Å²) < 4.78 is 10.7. The zero-order valence-electron chi connectivity index (χ0n) is 15.2. The molecule has 3 rings (SSSR count). The highest BCUT2D eigenvalue weighted by Gasteiger charge is 2.15. The number of hydrazine groups is 1. The number of hydrogen-bond acceptors (Lipinski definition) is 5. The van der Waals surface area contributed by atoms with Crippen molar-refractivity contribution in [3.05, 3.63) is 54.1 Å². The van der Waals surface area contributed by atoms with Gasteiger partial charge in [-0.15, -0.1) is 0 Å². The van der Waals surface area contributed by atoms with Gasteiger partial charge in [0.15, 0.2) is 11.5 Å². The third-order valence-electron chi connectivity index (χ3n) is 3.97. The van der Waals surface area contributed by atoms with E-state index in [1.165, 1.54) is 0 Å². The molecule has 0 radical (unpaired) electrons. The number of rotatable bonds is 5. The second-order valence-corrected chi connectivity index (χ2v) is 5.98. The summed E-state index contributed by atoms with van der Waals surface area (Å²) in [6.07, 6.45) is 0. The first-order valence-corrected chi connectivity index (χ1v) is 8.14. The fourth-order valence-electron chi connectivity index (χ4n) is 2.77. The Morgan fingerprint density at radius 3 is 2.42 bits per heavy atom. The number of methoxy groups -OCH3 is 2. The molecule has 1 amide bonds. The van der Waals surface area contributed by atoms with Crippen LogP contribution in [0.15, 0.2) is 48.5 Å². The molecule has 6 heteroatoms. The lowest BCUT2D eigenvalue weighted by Gasteiger charge is -2.15. The van der Waals surface area contributed by atoms with Gasteiger partial charge in [0.25, 0.3) is 5.91 Å². The van der Waals surface area contributed by atoms with E-state index in [9.17, 15) is 4.79 Å². The molecule has 26 heavy (non-hydrogen) atoms. The minimum absolute atomic E-state index is 0.185. The quantitative estimate of drug-likeness (QED) is 0.716. The van der Waals surface area contributed by atoms with Crippen molar-refractivity contribution in [1.29, 1.82) is 0 Å². The SMILES string of the molecule is COc1ccc(-c2cc(C(=O)NN(C)C)c3ccccc3n2)cc1OC. The second kappa shape index (κ2) is 7.41.